The van der Waals surface area contributed by atoms with Crippen LogP contribution in [0.2, 0.25) is 0 Å². The van der Waals surface area contributed by atoms with Crippen LogP contribution in [0.5, 0.6) is 0 Å². The van der Waals surface area contributed by atoms with E-state index >= 15 is 0 Å². The topological polar surface area (TPSA) is 101 Å². The van der Waals surface area contributed by atoms with Crippen molar-refractivity contribution in [2.75, 3.05) is 10.6 Å². The number of carbonyl (C=O) groups is 2. The van der Waals surface area contributed by atoms with E-state index in [0.717, 1.165) is 4.70 Å². The summed E-state index contributed by atoms with van der Waals surface area (Å²) in [5.74, 6) is -0.792. The third-order valence-electron chi connectivity index (χ3n) is 3.79. The molecule has 0 unspecified atom stereocenters. The lowest BCUT2D eigenvalue weighted by atomic mass is 10.2. The maximum absolute atomic E-state index is 12.5. The highest BCUT2D eigenvalue weighted by Gasteiger charge is 2.13. The molecule has 0 bridgehead atoms. The molecule has 0 spiro atoms. The van der Waals surface area contributed by atoms with Crippen molar-refractivity contribution in [1.29, 1.82) is 0 Å². The maximum Gasteiger partial charge on any atom is 0.291 e. The number of aromatic nitrogens is 1. The van der Waals surface area contributed by atoms with Gasteiger partial charge in [-0.1, -0.05) is 23.5 Å². The normalized spacial score (nSPS) is 10.9. The summed E-state index contributed by atoms with van der Waals surface area (Å²) in [5.41, 5.74) is 1.31. The largest absolute Gasteiger partial charge is 0.451 e. The summed E-state index contributed by atoms with van der Waals surface area (Å²) in [6, 6.07) is 13.1. The summed E-state index contributed by atoms with van der Waals surface area (Å²) in [5, 5.41) is 6.26. The first-order valence-corrected chi connectivity index (χ1v) is 8.84. The minimum Gasteiger partial charge on any atom is -0.451 e. The van der Waals surface area contributed by atoms with Crippen molar-refractivity contribution in [3.05, 3.63) is 64.5 Å². The Hall–Kier alpha value is -3.52. The monoisotopic (exact) mass is 379 g/mol. The lowest BCUT2D eigenvalue weighted by molar-refractivity contribution is -0.114. The van der Waals surface area contributed by atoms with Gasteiger partial charge in [0.2, 0.25) is 5.91 Å². The van der Waals surface area contributed by atoms with Crippen LogP contribution < -0.4 is 16.1 Å². The van der Waals surface area contributed by atoms with Gasteiger partial charge in [0.25, 0.3) is 5.91 Å². The zero-order valence-electron chi connectivity index (χ0n) is 14.1. The van der Waals surface area contributed by atoms with E-state index in [1.165, 1.54) is 24.3 Å². The van der Waals surface area contributed by atoms with Gasteiger partial charge in [-0.25, -0.2) is 4.98 Å². The Labute approximate surface area is 156 Å². The molecule has 0 saturated heterocycles. The Kier molecular flexibility index (Phi) is 4.17. The van der Waals surface area contributed by atoms with Gasteiger partial charge in [0.05, 0.1) is 15.6 Å². The molecule has 0 atom stereocenters. The Morgan fingerprint density at radius 2 is 1.89 bits per heavy atom. The van der Waals surface area contributed by atoms with Crippen molar-refractivity contribution in [3.63, 3.8) is 0 Å². The van der Waals surface area contributed by atoms with E-state index in [-0.39, 0.29) is 17.1 Å². The van der Waals surface area contributed by atoms with Crippen molar-refractivity contribution in [3.8, 4) is 0 Å². The number of hydrogen-bond acceptors (Lipinski definition) is 6. The van der Waals surface area contributed by atoms with Crippen molar-refractivity contribution < 1.29 is 14.0 Å². The second-order valence-corrected chi connectivity index (χ2v) is 6.84. The summed E-state index contributed by atoms with van der Waals surface area (Å²) >= 11 is 1.30. The molecule has 0 fully saturated rings. The molecule has 2 amide bonds. The Balaban J connectivity index is 1.62. The minimum absolute atomic E-state index is 0.0676. The van der Waals surface area contributed by atoms with Gasteiger partial charge in [-0.05, 0) is 30.3 Å². The number of carbonyl (C=O) groups excluding carboxylic acids is 2. The van der Waals surface area contributed by atoms with Crippen LogP contribution in [-0.2, 0) is 4.79 Å². The van der Waals surface area contributed by atoms with Crippen LogP contribution in [0.1, 0.15) is 17.5 Å². The van der Waals surface area contributed by atoms with Crippen molar-refractivity contribution >= 4 is 55.2 Å². The molecule has 8 heteroatoms. The summed E-state index contributed by atoms with van der Waals surface area (Å²) in [4.78, 5) is 40.1. The zero-order valence-corrected chi connectivity index (χ0v) is 14.9. The van der Waals surface area contributed by atoms with Gasteiger partial charge in [-0.3, -0.25) is 14.4 Å². The fraction of sp³-hybridized carbons (Fsp3) is 0.0526. The van der Waals surface area contributed by atoms with Gasteiger partial charge in [0, 0.05) is 18.7 Å². The molecule has 27 heavy (non-hydrogen) atoms. The Morgan fingerprint density at radius 3 is 2.70 bits per heavy atom. The molecule has 2 aromatic carbocycles. The van der Waals surface area contributed by atoms with Gasteiger partial charge >= 0.3 is 0 Å². The number of anilines is 2. The minimum atomic E-state index is -0.524. The molecule has 4 aromatic rings. The molecule has 2 N–H and O–H groups in total. The highest BCUT2D eigenvalue weighted by Crippen LogP contribution is 2.28. The van der Waals surface area contributed by atoms with Crippen LogP contribution in [0, 0.1) is 0 Å². The van der Waals surface area contributed by atoms with E-state index in [4.69, 9.17) is 4.42 Å². The standard InChI is InChI=1S/C19H13N3O4S/c1-10(23)20-19-22-13-7-6-11(8-17(13)27-19)21-18(25)16-9-14(24)12-4-2-3-5-15(12)26-16/h2-9H,1H3,(H,21,25)(H,20,22,23). The van der Waals surface area contributed by atoms with Crippen LogP contribution in [0.15, 0.2) is 57.7 Å². The Morgan fingerprint density at radius 1 is 1.07 bits per heavy atom. The van der Waals surface area contributed by atoms with Crippen molar-refractivity contribution in [1.82, 2.24) is 4.98 Å². The zero-order chi connectivity index (χ0) is 19.0. The molecular weight excluding hydrogens is 366 g/mol. The van der Waals surface area contributed by atoms with Gasteiger partial charge < -0.3 is 15.1 Å². The second kappa shape index (κ2) is 6.65. The van der Waals surface area contributed by atoms with Crippen LogP contribution in [0.3, 0.4) is 0 Å². The third kappa shape index (κ3) is 3.42. The SMILES string of the molecule is CC(=O)Nc1nc2ccc(NC(=O)c3cc(=O)c4ccccc4o3)cc2s1. The second-order valence-electron chi connectivity index (χ2n) is 5.81. The molecule has 0 aliphatic carbocycles. The van der Waals surface area contributed by atoms with Gasteiger partial charge in [-0.15, -0.1) is 0 Å². The highest BCUT2D eigenvalue weighted by molar-refractivity contribution is 7.22. The number of para-hydroxylation sites is 1. The molecule has 134 valence electrons. The Bertz CT molecular complexity index is 1260. The summed E-state index contributed by atoms with van der Waals surface area (Å²) in [7, 11) is 0. The van der Waals surface area contributed by atoms with E-state index < -0.39 is 5.91 Å². The smallest absolute Gasteiger partial charge is 0.291 e. The highest BCUT2D eigenvalue weighted by atomic mass is 32.1. The number of amides is 2. The first-order chi connectivity index (χ1) is 13.0. The number of nitrogens with one attached hydrogen (secondary N) is 2. The maximum atomic E-state index is 12.5. The third-order valence-corrected chi connectivity index (χ3v) is 4.72. The fourth-order valence-corrected chi connectivity index (χ4v) is 3.57. The van der Waals surface area contributed by atoms with Crippen LogP contribution in [0.25, 0.3) is 21.2 Å². The molecule has 0 aliphatic heterocycles. The number of thiazole rings is 1. The number of rotatable bonds is 3. The molecular formula is C19H13N3O4S. The quantitative estimate of drug-likeness (QED) is 0.566. The molecule has 2 aromatic heterocycles. The van der Waals surface area contributed by atoms with E-state index in [1.54, 1.807) is 42.5 Å². The number of fused-ring (bicyclic) bond motifs is 2. The average Bonchev–Trinajstić information content (AvgIpc) is 3.02. The molecule has 0 saturated carbocycles. The van der Waals surface area contributed by atoms with Gasteiger partial charge in [0.1, 0.15) is 5.58 Å². The van der Waals surface area contributed by atoms with Crippen LogP contribution in [0.4, 0.5) is 10.8 Å². The molecule has 0 radical (unpaired) electrons. The number of hydrogen-bond donors (Lipinski definition) is 2. The lowest BCUT2D eigenvalue weighted by Gasteiger charge is -2.05. The van der Waals surface area contributed by atoms with Crippen molar-refractivity contribution in [2.45, 2.75) is 6.92 Å². The van der Waals surface area contributed by atoms with Gasteiger partial charge in [0.15, 0.2) is 16.3 Å². The molecule has 7 nitrogen and oxygen atoms in total. The first kappa shape index (κ1) is 16.9. The summed E-state index contributed by atoms with van der Waals surface area (Å²) in [6.07, 6.45) is 0. The van der Waals surface area contributed by atoms with E-state index in [1.807, 2.05) is 0 Å². The van der Waals surface area contributed by atoms with Crippen LogP contribution >= 0.6 is 11.3 Å². The van der Waals surface area contributed by atoms with Gasteiger partial charge in [-0.2, -0.15) is 0 Å². The van der Waals surface area contributed by atoms with E-state index in [2.05, 4.69) is 15.6 Å². The number of nitrogens with zero attached hydrogens (tertiary/aromatic N) is 1. The van der Waals surface area contributed by atoms with Crippen molar-refractivity contribution in [2.24, 2.45) is 0 Å². The van der Waals surface area contributed by atoms with E-state index in [0.29, 0.717) is 27.3 Å². The summed E-state index contributed by atoms with van der Waals surface area (Å²) < 4.78 is 6.35. The average molecular weight is 379 g/mol. The predicted octanol–water partition coefficient (Wildman–Crippen LogP) is 3.61. The molecule has 0 aliphatic rings. The molecule has 2 heterocycles. The van der Waals surface area contributed by atoms with Crippen LogP contribution in [-0.4, -0.2) is 16.8 Å². The fourth-order valence-electron chi connectivity index (χ4n) is 2.61. The summed E-state index contributed by atoms with van der Waals surface area (Å²) in [6.45, 7) is 1.41. The first-order valence-electron chi connectivity index (χ1n) is 8.02. The number of benzene rings is 2. The van der Waals surface area contributed by atoms with E-state index in [9.17, 15) is 14.4 Å². The predicted molar refractivity (Wildman–Crippen MR) is 104 cm³/mol. The molecule has 4 rings (SSSR count). The lowest BCUT2D eigenvalue weighted by Crippen LogP contribution is -2.14.